The Hall–Kier alpha value is -13.3. The van der Waals surface area contributed by atoms with Gasteiger partial charge in [0.2, 0.25) is 0 Å². The minimum Gasteiger partial charge on any atom is -0.356 e. The van der Waals surface area contributed by atoms with Crippen LogP contribution in [0.5, 0.6) is 0 Å². The molecule has 5 heteroatoms. The lowest BCUT2D eigenvalue weighted by Gasteiger charge is -2.28. The first-order valence-electron chi connectivity index (χ1n) is 38.2. The molecule has 0 unspecified atom stereocenters. The first-order chi connectivity index (χ1) is 54.4. The van der Waals surface area contributed by atoms with Gasteiger partial charge in [0.25, 0.3) is 0 Å². The zero-order chi connectivity index (χ0) is 75.0. The van der Waals surface area contributed by atoms with Crippen molar-refractivity contribution in [3.8, 4) is 100 Å². The van der Waals surface area contributed by atoms with Crippen LogP contribution in [0.15, 0.2) is 417 Å². The number of nitrogens with one attached hydrogen (secondary N) is 1. The third-order valence-electron chi connectivity index (χ3n) is 22.4. The summed E-state index contributed by atoms with van der Waals surface area (Å²) >= 11 is 3.65. The van der Waals surface area contributed by atoms with Crippen LogP contribution in [0.3, 0.4) is 0 Å². The molecule has 2 aliphatic rings. The van der Waals surface area contributed by atoms with Crippen LogP contribution in [-0.2, 0) is 10.8 Å². The van der Waals surface area contributed by atoms with Gasteiger partial charge in [-0.2, -0.15) is 0 Å². The number of anilines is 5. The fraction of sp³-hybridized carbons (Fsp3) is 0.0566. The second-order valence-electron chi connectivity index (χ2n) is 30.0. The van der Waals surface area contributed by atoms with E-state index in [1.54, 1.807) is 0 Å². The highest BCUT2D eigenvalue weighted by atomic mass is 79.9. The molecule has 111 heavy (non-hydrogen) atoms. The number of fused-ring (bicyclic) bond motifs is 8. The lowest BCUT2D eigenvalue weighted by molar-refractivity contribution is 0.659. The number of nitrogens with zero attached hydrogens (tertiary/aromatic N) is 3. The van der Waals surface area contributed by atoms with Gasteiger partial charge in [-0.15, -0.1) is 0 Å². The van der Waals surface area contributed by atoms with Gasteiger partial charge in [-0.25, -0.2) is 0 Å². The van der Waals surface area contributed by atoms with Crippen molar-refractivity contribution in [1.82, 2.24) is 9.13 Å². The molecule has 4 nitrogen and oxygen atoms in total. The molecule has 1 N–H and O–H groups in total. The van der Waals surface area contributed by atoms with Crippen LogP contribution in [0, 0.1) is 0 Å². The van der Waals surface area contributed by atoms with E-state index < -0.39 is 0 Å². The molecule has 2 aromatic heterocycles. The SMILES string of the molecule is CC1(C)c2cc(Br)ccc2-c2ccc(-n3ccc4cc(-c5ccccc5)ccc43)cc21.CC1(C)c2cc(N(c3ccc(-c4ccccc4)cc3)c3ccc(-c4ccccc4)cc3)ccc2-c2ccc(-n3ccc4cc(-c5ccccc5)ccc43)cc21.c1ccc(-c2ccc(Nc3ccc(-c4ccccc4)cc3)cc2)cc1. The van der Waals surface area contributed by atoms with E-state index in [2.05, 4.69) is 464 Å². The zero-order valence-electron chi connectivity index (χ0n) is 62.5. The fourth-order valence-electron chi connectivity index (χ4n) is 16.4. The molecule has 0 saturated heterocycles. The predicted molar refractivity (Wildman–Crippen MR) is 473 cm³/mol. The van der Waals surface area contributed by atoms with Crippen LogP contribution < -0.4 is 10.2 Å². The average Bonchev–Trinajstić information content (AvgIpc) is 1.51. The normalized spacial score (nSPS) is 12.5. The molecule has 0 bridgehead atoms. The summed E-state index contributed by atoms with van der Waals surface area (Å²) in [5, 5.41) is 5.96. The minimum absolute atomic E-state index is 0.0199. The van der Waals surface area contributed by atoms with E-state index in [1.165, 1.54) is 144 Å². The summed E-state index contributed by atoms with van der Waals surface area (Å²) in [4.78, 5) is 2.39. The van der Waals surface area contributed by atoms with Gasteiger partial charge in [-0.3, -0.25) is 0 Å². The number of hydrogen-bond donors (Lipinski definition) is 1. The van der Waals surface area contributed by atoms with Crippen molar-refractivity contribution < 1.29 is 0 Å². The maximum absolute atomic E-state index is 3.65. The Labute approximate surface area is 659 Å². The number of aromatic nitrogens is 2. The molecule has 0 fully saturated rings. The molecule has 20 rings (SSSR count). The summed E-state index contributed by atoms with van der Waals surface area (Å²) in [7, 11) is 0. The van der Waals surface area contributed by atoms with Crippen molar-refractivity contribution >= 4 is 66.2 Å². The second kappa shape index (κ2) is 29.7. The molecular weight excluding hydrogens is 1410 g/mol. The third kappa shape index (κ3) is 13.8. The average molecular weight is 1490 g/mol. The Bertz CT molecular complexity index is 6180. The highest BCUT2D eigenvalue weighted by Crippen LogP contribution is 2.53. The minimum atomic E-state index is -0.194. The lowest BCUT2D eigenvalue weighted by atomic mass is 9.82. The van der Waals surface area contributed by atoms with Crippen LogP contribution in [0.25, 0.3) is 122 Å². The first-order valence-corrected chi connectivity index (χ1v) is 39.0. The molecule has 2 aliphatic carbocycles. The van der Waals surface area contributed by atoms with Crippen LogP contribution in [0.2, 0.25) is 0 Å². The fourth-order valence-corrected chi connectivity index (χ4v) is 16.8. The maximum atomic E-state index is 3.65. The number of benzene rings is 16. The van der Waals surface area contributed by atoms with Crippen LogP contribution in [0.4, 0.5) is 28.4 Å². The maximum Gasteiger partial charge on any atom is 0.0528 e. The third-order valence-corrected chi connectivity index (χ3v) is 22.9. The van der Waals surface area contributed by atoms with E-state index in [0.29, 0.717) is 0 Å². The van der Waals surface area contributed by atoms with E-state index in [1.807, 2.05) is 12.1 Å². The Morgan fingerprint density at radius 1 is 0.243 bits per heavy atom. The molecule has 0 amide bonds. The topological polar surface area (TPSA) is 25.1 Å². The Morgan fingerprint density at radius 3 is 0.883 bits per heavy atom. The van der Waals surface area contributed by atoms with Gasteiger partial charge in [0.1, 0.15) is 0 Å². The molecule has 0 saturated carbocycles. The van der Waals surface area contributed by atoms with Crippen LogP contribution >= 0.6 is 15.9 Å². The monoisotopic (exact) mass is 1490 g/mol. The summed E-state index contributed by atoms with van der Waals surface area (Å²) in [5.74, 6) is 0. The van der Waals surface area contributed by atoms with Crippen LogP contribution in [-0.4, -0.2) is 9.13 Å². The van der Waals surface area contributed by atoms with Gasteiger partial charge in [0, 0.05) is 78.3 Å². The quantitative estimate of drug-likeness (QED) is 0.124. The molecule has 0 radical (unpaired) electrons. The molecular formula is C106H81BrN4. The van der Waals surface area contributed by atoms with Crippen molar-refractivity contribution in [2.75, 3.05) is 10.2 Å². The summed E-state index contributed by atoms with van der Waals surface area (Å²) < 4.78 is 5.77. The number of halogens is 1. The van der Waals surface area contributed by atoms with Gasteiger partial charge in [0.05, 0.1) is 11.0 Å². The zero-order valence-corrected chi connectivity index (χ0v) is 64.1. The Morgan fingerprint density at radius 2 is 0.523 bits per heavy atom. The summed E-state index contributed by atoms with van der Waals surface area (Å²) in [6.45, 7) is 9.40. The first kappa shape index (κ1) is 69.4. The molecule has 0 atom stereocenters. The molecule has 2 heterocycles. The second-order valence-corrected chi connectivity index (χ2v) is 30.9. The number of rotatable bonds is 13. The standard InChI is InChI=1S/C53H40N2.C29H22BrN.C24H19N/c1-53(2)50-35-46(54-33-32-43-34-42(22-31-52(43)54)39-16-10-5-11-17-39)27-29-48(50)49-30-28-47(36-51(49)53)55(44-23-18-40(19-24-44)37-12-6-3-7-13-37)45-25-20-41(21-26-45)38-14-8-4-9-15-38;1-29(2)26-17-22(30)9-11-24(26)25-12-10-23(18-27(25)29)31-15-14-21-16-20(8-13-28(21)31)19-6-4-3-5-7-19;1-3-7-19(8-4-1)21-11-15-23(16-12-21)25-24-17-13-22(14-18-24)20-9-5-2-6-10-20/h3-36H,1-2H3;3-18H,1-2H3;1-18,25H. The predicted octanol–water partition coefficient (Wildman–Crippen LogP) is 29.5. The largest absolute Gasteiger partial charge is 0.356 e. The van der Waals surface area contributed by atoms with Gasteiger partial charge in [-0.1, -0.05) is 311 Å². The molecule has 16 aromatic carbocycles. The van der Waals surface area contributed by atoms with Gasteiger partial charge >= 0.3 is 0 Å². The van der Waals surface area contributed by atoms with E-state index in [0.717, 1.165) is 32.9 Å². The van der Waals surface area contributed by atoms with E-state index in [4.69, 9.17) is 0 Å². The van der Waals surface area contributed by atoms with E-state index in [-0.39, 0.29) is 10.8 Å². The van der Waals surface area contributed by atoms with Gasteiger partial charge in [-0.05, 0) is 245 Å². The Balaban J connectivity index is 0.000000129. The van der Waals surface area contributed by atoms with E-state index >= 15 is 0 Å². The summed E-state index contributed by atoms with van der Waals surface area (Å²) in [6.07, 6.45) is 4.39. The molecule has 532 valence electrons. The molecule has 18 aromatic rings. The summed E-state index contributed by atoms with van der Waals surface area (Å²) in [6, 6.07) is 144. The highest BCUT2D eigenvalue weighted by Gasteiger charge is 2.38. The van der Waals surface area contributed by atoms with E-state index in [9.17, 15) is 0 Å². The smallest absolute Gasteiger partial charge is 0.0528 e. The lowest BCUT2D eigenvalue weighted by Crippen LogP contribution is -2.17. The van der Waals surface area contributed by atoms with Crippen molar-refractivity contribution in [2.24, 2.45) is 0 Å². The molecule has 0 aliphatic heterocycles. The van der Waals surface area contributed by atoms with Gasteiger partial charge in [0.15, 0.2) is 0 Å². The van der Waals surface area contributed by atoms with Crippen molar-refractivity contribution in [3.05, 3.63) is 440 Å². The van der Waals surface area contributed by atoms with Crippen molar-refractivity contribution in [1.29, 1.82) is 0 Å². The van der Waals surface area contributed by atoms with Crippen molar-refractivity contribution in [2.45, 2.75) is 38.5 Å². The molecule has 0 spiro atoms. The van der Waals surface area contributed by atoms with Crippen LogP contribution in [0.1, 0.15) is 49.9 Å². The summed E-state index contributed by atoms with van der Waals surface area (Å²) in [5.41, 5.74) is 35.7. The van der Waals surface area contributed by atoms with Gasteiger partial charge < -0.3 is 19.4 Å². The number of hydrogen-bond acceptors (Lipinski definition) is 2. The van der Waals surface area contributed by atoms with Crippen molar-refractivity contribution in [3.63, 3.8) is 0 Å². The Kier molecular flexibility index (Phi) is 18.6. The highest BCUT2D eigenvalue weighted by molar-refractivity contribution is 9.10.